The van der Waals surface area contributed by atoms with E-state index in [2.05, 4.69) is 31.4 Å². The van der Waals surface area contributed by atoms with Crippen LogP contribution in [-0.4, -0.2) is 43.6 Å². The third-order valence-electron chi connectivity index (χ3n) is 6.13. The molecule has 0 saturated heterocycles. The molecule has 0 radical (unpaired) electrons. The largest absolute Gasteiger partial charge is 0.379 e. The van der Waals surface area contributed by atoms with Crippen molar-refractivity contribution < 1.29 is 9.50 Å². The van der Waals surface area contributed by atoms with Crippen LogP contribution in [0.25, 0.3) is 27.9 Å². The Bertz CT molecular complexity index is 1400. The number of anilines is 1. The molecule has 4 heterocycles. The summed E-state index contributed by atoms with van der Waals surface area (Å²) >= 11 is 0. The summed E-state index contributed by atoms with van der Waals surface area (Å²) in [7, 11) is 1.95. The number of aromatic amines is 1. The first-order chi connectivity index (χ1) is 16.4. The van der Waals surface area contributed by atoms with E-state index in [4.69, 9.17) is 5.73 Å². The molecule has 0 bridgehead atoms. The van der Waals surface area contributed by atoms with Crippen molar-refractivity contribution in [3.63, 3.8) is 0 Å². The monoisotopic (exact) mass is 459 g/mol. The van der Waals surface area contributed by atoms with Crippen molar-refractivity contribution in [3.8, 4) is 11.3 Å². The van der Waals surface area contributed by atoms with Gasteiger partial charge in [-0.2, -0.15) is 0 Å². The smallest absolute Gasteiger partial charge is 0.220 e. The van der Waals surface area contributed by atoms with Gasteiger partial charge in [-0.15, -0.1) is 0 Å². The zero-order valence-corrected chi connectivity index (χ0v) is 19.0. The van der Waals surface area contributed by atoms with Gasteiger partial charge in [0.1, 0.15) is 17.1 Å². The molecular weight excluding hydrogens is 433 g/mol. The number of nitrogens with two attached hydrogens (primary N) is 1. The van der Waals surface area contributed by atoms with Gasteiger partial charge in [0.2, 0.25) is 5.95 Å². The Morgan fingerprint density at radius 2 is 2.09 bits per heavy atom. The lowest BCUT2D eigenvalue weighted by Crippen LogP contribution is -2.29. The number of hydrogen-bond acceptors (Lipinski definition) is 7. The summed E-state index contributed by atoms with van der Waals surface area (Å²) in [5, 5.41) is 14.5. The second-order valence-corrected chi connectivity index (χ2v) is 8.54. The first-order valence-corrected chi connectivity index (χ1v) is 11.2. The normalized spacial score (nSPS) is 15.5. The van der Waals surface area contributed by atoms with Crippen LogP contribution in [0, 0.1) is 5.82 Å². The van der Waals surface area contributed by atoms with Crippen molar-refractivity contribution in [1.82, 2.24) is 30.4 Å². The van der Waals surface area contributed by atoms with Gasteiger partial charge in [0, 0.05) is 43.1 Å². The number of nitrogens with one attached hydrogen (secondary N) is 2. The summed E-state index contributed by atoms with van der Waals surface area (Å²) in [6, 6.07) is 9.72. The molecular formula is C25H26FN7O. The van der Waals surface area contributed by atoms with Gasteiger partial charge < -0.3 is 20.8 Å². The number of aliphatic hydroxyl groups is 1. The Kier molecular flexibility index (Phi) is 5.51. The van der Waals surface area contributed by atoms with E-state index in [9.17, 15) is 9.50 Å². The maximum atomic E-state index is 14.0. The van der Waals surface area contributed by atoms with Crippen molar-refractivity contribution in [2.45, 2.75) is 25.4 Å². The number of nitrogen functional groups attached to an aromatic ring is 1. The number of halogens is 1. The molecule has 9 heteroatoms. The Balaban J connectivity index is 1.63. The summed E-state index contributed by atoms with van der Waals surface area (Å²) < 4.78 is 14.0. The number of aromatic nitrogens is 4. The Labute approximate surface area is 196 Å². The highest BCUT2D eigenvalue weighted by Crippen LogP contribution is 2.36. The number of fused-ring (bicyclic) bond motifs is 1. The van der Waals surface area contributed by atoms with E-state index >= 15 is 0 Å². The average molecular weight is 460 g/mol. The molecule has 0 spiro atoms. The summed E-state index contributed by atoms with van der Waals surface area (Å²) in [4.78, 5) is 16.6. The zero-order chi connectivity index (χ0) is 23.9. The fourth-order valence-corrected chi connectivity index (χ4v) is 4.45. The van der Waals surface area contributed by atoms with Crippen molar-refractivity contribution in [3.05, 3.63) is 77.6 Å². The first-order valence-electron chi connectivity index (χ1n) is 11.2. The van der Waals surface area contributed by atoms with E-state index in [0.29, 0.717) is 42.0 Å². The number of hydrogen-bond donors (Lipinski definition) is 4. The molecule has 0 fully saturated rings. The molecule has 0 amide bonds. The number of H-pyrrole nitrogens is 1. The zero-order valence-electron chi connectivity index (χ0n) is 19.0. The van der Waals surface area contributed by atoms with Crippen LogP contribution in [0.4, 0.5) is 10.3 Å². The van der Waals surface area contributed by atoms with Crippen LogP contribution in [0.2, 0.25) is 0 Å². The summed E-state index contributed by atoms with van der Waals surface area (Å²) in [5.74, 6) is -0.396. The second kappa shape index (κ2) is 8.51. The van der Waals surface area contributed by atoms with E-state index in [1.54, 1.807) is 18.2 Å². The Morgan fingerprint density at radius 1 is 1.24 bits per heavy atom. The third-order valence-corrected chi connectivity index (χ3v) is 6.13. The van der Waals surface area contributed by atoms with Crippen LogP contribution in [0.3, 0.4) is 0 Å². The summed E-state index contributed by atoms with van der Waals surface area (Å²) in [6.07, 6.45) is 6.69. The molecule has 0 saturated carbocycles. The van der Waals surface area contributed by atoms with Crippen LogP contribution in [0.1, 0.15) is 36.6 Å². The quantitative estimate of drug-likeness (QED) is 0.348. The van der Waals surface area contributed by atoms with Crippen molar-refractivity contribution in [1.29, 1.82) is 0 Å². The number of pyridine rings is 1. The predicted molar refractivity (Wildman–Crippen MR) is 130 cm³/mol. The van der Waals surface area contributed by atoms with Gasteiger partial charge in [-0.05, 0) is 47.4 Å². The molecule has 1 aromatic carbocycles. The fourth-order valence-electron chi connectivity index (χ4n) is 4.45. The van der Waals surface area contributed by atoms with E-state index in [0.717, 1.165) is 22.1 Å². The maximum Gasteiger partial charge on any atom is 0.220 e. The molecule has 5 rings (SSSR count). The minimum atomic E-state index is -1.51. The average Bonchev–Trinajstić information content (AvgIpc) is 3.44. The van der Waals surface area contributed by atoms with Crippen molar-refractivity contribution >= 4 is 22.6 Å². The standard InChI is InChI=1S/C25H26FN7O/c1-3-7-25(34,17-5-4-6-18(26)9-17)22-10-21(31-24(27)32-22)20-13-29-23-19(20)8-15(11-28-23)16-12-30-33(2)14-16/h4-6,8-11,13-14,30,34H,3,7,12H2,1-2H3,(H,28,29)(H2,27,31,32). The molecule has 1 atom stereocenters. The number of benzene rings is 1. The molecule has 4 aromatic rings. The van der Waals surface area contributed by atoms with Gasteiger partial charge in [-0.3, -0.25) is 0 Å². The molecule has 5 N–H and O–H groups in total. The van der Waals surface area contributed by atoms with Gasteiger partial charge in [0.05, 0.1) is 11.4 Å². The Hall–Kier alpha value is -3.82. The lowest BCUT2D eigenvalue weighted by atomic mass is 9.85. The van der Waals surface area contributed by atoms with Gasteiger partial charge in [-0.1, -0.05) is 25.5 Å². The highest BCUT2D eigenvalue weighted by molar-refractivity contribution is 5.94. The van der Waals surface area contributed by atoms with Crippen LogP contribution in [0.5, 0.6) is 0 Å². The highest BCUT2D eigenvalue weighted by atomic mass is 19.1. The minimum Gasteiger partial charge on any atom is -0.379 e. The van der Waals surface area contributed by atoms with Crippen LogP contribution in [-0.2, 0) is 5.60 Å². The molecule has 34 heavy (non-hydrogen) atoms. The van der Waals surface area contributed by atoms with Gasteiger partial charge in [0.25, 0.3) is 0 Å². The molecule has 1 aliphatic rings. The molecule has 3 aromatic heterocycles. The second-order valence-electron chi connectivity index (χ2n) is 8.54. The fraction of sp³-hybridized carbons (Fsp3) is 0.240. The van der Waals surface area contributed by atoms with Gasteiger partial charge in [-0.25, -0.2) is 24.8 Å². The topological polar surface area (TPSA) is 116 Å². The van der Waals surface area contributed by atoms with E-state index in [1.807, 2.05) is 37.6 Å². The molecule has 174 valence electrons. The Morgan fingerprint density at radius 3 is 2.82 bits per heavy atom. The van der Waals surface area contributed by atoms with Gasteiger partial charge >= 0.3 is 0 Å². The molecule has 1 unspecified atom stereocenters. The van der Waals surface area contributed by atoms with Crippen LogP contribution >= 0.6 is 0 Å². The first kappa shape index (κ1) is 22.0. The highest BCUT2D eigenvalue weighted by Gasteiger charge is 2.34. The van der Waals surface area contributed by atoms with E-state index < -0.39 is 11.4 Å². The maximum absolute atomic E-state index is 14.0. The van der Waals surface area contributed by atoms with Crippen molar-refractivity contribution in [2.75, 3.05) is 19.3 Å². The minimum absolute atomic E-state index is 0.0289. The SMILES string of the molecule is CCCC(O)(c1cccc(F)c1)c1cc(-c2c[nH]c3ncc(C4=CN(C)NC4)cc23)nc(N)n1. The van der Waals surface area contributed by atoms with E-state index in [1.165, 1.54) is 12.1 Å². The van der Waals surface area contributed by atoms with Gasteiger partial charge in [0.15, 0.2) is 0 Å². The summed E-state index contributed by atoms with van der Waals surface area (Å²) in [6.45, 7) is 2.66. The molecule has 1 aliphatic heterocycles. The third kappa shape index (κ3) is 3.89. The number of rotatable bonds is 6. The predicted octanol–water partition coefficient (Wildman–Crippen LogP) is 3.57. The number of nitrogens with zero attached hydrogens (tertiary/aromatic N) is 4. The molecule has 8 nitrogen and oxygen atoms in total. The van der Waals surface area contributed by atoms with Crippen LogP contribution < -0.4 is 11.2 Å². The molecule has 0 aliphatic carbocycles. The lowest BCUT2D eigenvalue weighted by molar-refractivity contribution is 0.0654. The lowest BCUT2D eigenvalue weighted by Gasteiger charge is -2.28. The van der Waals surface area contributed by atoms with E-state index in [-0.39, 0.29) is 5.95 Å². The summed E-state index contributed by atoms with van der Waals surface area (Å²) in [5.41, 5.74) is 12.7. The van der Waals surface area contributed by atoms with Crippen molar-refractivity contribution in [2.24, 2.45) is 0 Å². The van der Waals surface area contributed by atoms with Crippen LogP contribution in [0.15, 0.2) is 55.0 Å². The number of hydrazine groups is 1.